The van der Waals surface area contributed by atoms with Gasteiger partial charge in [0.15, 0.2) is 0 Å². The summed E-state index contributed by atoms with van der Waals surface area (Å²) in [6, 6.07) is 7.51. The minimum absolute atomic E-state index is 0.0939. The number of hydrogen-bond donors (Lipinski definition) is 1. The molecule has 13 heavy (non-hydrogen) atoms. The smallest absolute Gasteiger partial charge is 0.0991 e. The van der Waals surface area contributed by atoms with Gasteiger partial charge >= 0.3 is 0 Å². The van der Waals surface area contributed by atoms with Crippen LogP contribution in [0.2, 0.25) is 0 Å². The number of halogens is 1. The van der Waals surface area contributed by atoms with Crippen molar-refractivity contribution in [3.05, 3.63) is 34.9 Å². The second-order valence-corrected chi connectivity index (χ2v) is 4.37. The van der Waals surface area contributed by atoms with Crippen molar-refractivity contribution in [3.8, 4) is 6.07 Å². The van der Waals surface area contributed by atoms with Crippen LogP contribution in [0.15, 0.2) is 18.2 Å². The molecule has 2 rings (SSSR count). The minimum atomic E-state index is -0.428. The fourth-order valence-corrected chi connectivity index (χ4v) is 2.29. The lowest BCUT2D eigenvalue weighted by Gasteiger charge is -2.06. The fourth-order valence-electron chi connectivity index (χ4n) is 1.66. The molecule has 1 aromatic rings. The highest BCUT2D eigenvalue weighted by Crippen LogP contribution is 2.35. The standard InChI is InChI=1S/C10H8BrNO/c11-9-4-7-3-6(5-12)1-2-8(7)10(9)13/h1-3,9-10,13H,4H2/t9-,10+/m0/s1. The average Bonchev–Trinajstić information content (AvgIpc) is 2.42. The van der Waals surface area contributed by atoms with Crippen molar-refractivity contribution >= 4 is 15.9 Å². The molecule has 66 valence electrons. The molecule has 0 aromatic heterocycles. The van der Waals surface area contributed by atoms with Crippen LogP contribution >= 0.6 is 15.9 Å². The monoisotopic (exact) mass is 237 g/mol. The van der Waals surface area contributed by atoms with Crippen LogP contribution < -0.4 is 0 Å². The van der Waals surface area contributed by atoms with Gasteiger partial charge in [0.05, 0.1) is 17.7 Å². The molecule has 2 atom stereocenters. The Kier molecular flexibility index (Phi) is 2.10. The van der Waals surface area contributed by atoms with E-state index < -0.39 is 6.10 Å². The fraction of sp³-hybridized carbons (Fsp3) is 0.300. The summed E-state index contributed by atoms with van der Waals surface area (Å²) in [7, 11) is 0. The van der Waals surface area contributed by atoms with Crippen LogP contribution in [-0.2, 0) is 6.42 Å². The first-order chi connectivity index (χ1) is 6.22. The first-order valence-electron chi connectivity index (χ1n) is 4.07. The maximum atomic E-state index is 9.68. The molecule has 0 heterocycles. The lowest BCUT2D eigenvalue weighted by atomic mass is 10.1. The number of alkyl halides is 1. The first kappa shape index (κ1) is 8.74. The molecule has 0 amide bonds. The van der Waals surface area contributed by atoms with Crippen molar-refractivity contribution in [2.24, 2.45) is 0 Å². The number of benzene rings is 1. The van der Waals surface area contributed by atoms with E-state index in [0.717, 1.165) is 17.5 Å². The molecule has 2 nitrogen and oxygen atoms in total. The van der Waals surface area contributed by atoms with Crippen LogP contribution in [0.1, 0.15) is 22.8 Å². The molecule has 3 heteroatoms. The van der Waals surface area contributed by atoms with Crippen molar-refractivity contribution in [1.82, 2.24) is 0 Å². The van der Waals surface area contributed by atoms with E-state index in [2.05, 4.69) is 22.0 Å². The summed E-state index contributed by atoms with van der Waals surface area (Å²) in [6.07, 6.45) is 0.370. The molecule has 0 bridgehead atoms. The number of hydrogen-bond acceptors (Lipinski definition) is 2. The van der Waals surface area contributed by atoms with E-state index in [0.29, 0.717) is 5.56 Å². The van der Waals surface area contributed by atoms with Gasteiger partial charge in [0.2, 0.25) is 0 Å². The Labute approximate surface area is 84.9 Å². The lowest BCUT2D eigenvalue weighted by Crippen LogP contribution is -2.03. The van der Waals surface area contributed by atoms with Crippen molar-refractivity contribution in [3.63, 3.8) is 0 Å². The van der Waals surface area contributed by atoms with Crippen LogP contribution in [0.5, 0.6) is 0 Å². The van der Waals surface area contributed by atoms with Gasteiger partial charge in [-0.1, -0.05) is 22.0 Å². The molecular formula is C10H8BrNO. The third-order valence-electron chi connectivity index (χ3n) is 2.35. The Bertz CT molecular complexity index is 383. The second-order valence-electron chi connectivity index (χ2n) is 3.19. The Balaban J connectivity index is 2.48. The number of rotatable bonds is 0. The van der Waals surface area contributed by atoms with Gasteiger partial charge in [0.25, 0.3) is 0 Å². The molecule has 1 N–H and O–H groups in total. The highest BCUT2D eigenvalue weighted by molar-refractivity contribution is 9.09. The largest absolute Gasteiger partial charge is 0.387 e. The molecule has 0 aliphatic heterocycles. The maximum Gasteiger partial charge on any atom is 0.0991 e. The maximum absolute atomic E-state index is 9.68. The average molecular weight is 238 g/mol. The Morgan fingerprint density at radius 2 is 2.31 bits per heavy atom. The van der Waals surface area contributed by atoms with Gasteiger partial charge in [-0.2, -0.15) is 5.26 Å². The molecule has 1 aliphatic rings. The van der Waals surface area contributed by atoms with E-state index >= 15 is 0 Å². The van der Waals surface area contributed by atoms with Crippen LogP contribution in [0, 0.1) is 11.3 Å². The molecule has 0 radical (unpaired) electrons. The Morgan fingerprint density at radius 1 is 1.54 bits per heavy atom. The molecule has 1 aromatic carbocycles. The number of fused-ring (bicyclic) bond motifs is 1. The Hall–Kier alpha value is -0.850. The van der Waals surface area contributed by atoms with E-state index in [4.69, 9.17) is 5.26 Å². The van der Waals surface area contributed by atoms with Crippen molar-refractivity contribution < 1.29 is 5.11 Å². The van der Waals surface area contributed by atoms with Gasteiger partial charge in [-0.3, -0.25) is 0 Å². The highest BCUT2D eigenvalue weighted by Gasteiger charge is 2.28. The molecule has 0 saturated carbocycles. The summed E-state index contributed by atoms with van der Waals surface area (Å²) >= 11 is 3.40. The minimum Gasteiger partial charge on any atom is -0.387 e. The highest BCUT2D eigenvalue weighted by atomic mass is 79.9. The van der Waals surface area contributed by atoms with Crippen molar-refractivity contribution in [1.29, 1.82) is 5.26 Å². The zero-order valence-corrected chi connectivity index (χ0v) is 8.45. The summed E-state index contributed by atoms with van der Waals surface area (Å²) in [6.45, 7) is 0. The number of nitrogens with zero attached hydrogens (tertiary/aromatic N) is 1. The van der Waals surface area contributed by atoms with E-state index in [1.807, 2.05) is 12.1 Å². The SMILES string of the molecule is N#Cc1ccc2c(c1)C[C@H](Br)[C@@H]2O. The van der Waals surface area contributed by atoms with E-state index in [9.17, 15) is 5.11 Å². The third kappa shape index (κ3) is 1.37. The number of nitriles is 1. The molecule has 0 spiro atoms. The normalized spacial score (nSPS) is 25.3. The lowest BCUT2D eigenvalue weighted by molar-refractivity contribution is 0.187. The van der Waals surface area contributed by atoms with Gasteiger partial charge < -0.3 is 5.11 Å². The van der Waals surface area contributed by atoms with Gasteiger partial charge in [0.1, 0.15) is 0 Å². The third-order valence-corrected chi connectivity index (χ3v) is 3.17. The zero-order valence-electron chi connectivity index (χ0n) is 6.87. The van der Waals surface area contributed by atoms with Crippen molar-refractivity contribution in [2.45, 2.75) is 17.4 Å². The van der Waals surface area contributed by atoms with E-state index in [1.54, 1.807) is 6.07 Å². The van der Waals surface area contributed by atoms with E-state index in [-0.39, 0.29) is 4.83 Å². The summed E-state index contributed by atoms with van der Waals surface area (Å²) in [4.78, 5) is 0.0939. The molecule has 0 saturated heterocycles. The molecule has 1 aliphatic carbocycles. The number of aliphatic hydroxyl groups is 1. The van der Waals surface area contributed by atoms with Gasteiger partial charge in [0, 0.05) is 4.83 Å². The summed E-state index contributed by atoms with van der Waals surface area (Å²) in [5.74, 6) is 0. The summed E-state index contributed by atoms with van der Waals surface area (Å²) < 4.78 is 0. The van der Waals surface area contributed by atoms with Gasteiger partial charge in [-0.05, 0) is 29.7 Å². The zero-order chi connectivity index (χ0) is 9.42. The quantitative estimate of drug-likeness (QED) is 0.701. The predicted molar refractivity (Wildman–Crippen MR) is 52.5 cm³/mol. The Morgan fingerprint density at radius 3 is 3.00 bits per heavy atom. The van der Waals surface area contributed by atoms with Crippen LogP contribution in [0.25, 0.3) is 0 Å². The van der Waals surface area contributed by atoms with Crippen LogP contribution in [0.4, 0.5) is 0 Å². The van der Waals surface area contributed by atoms with Crippen LogP contribution in [0.3, 0.4) is 0 Å². The number of aliphatic hydroxyl groups excluding tert-OH is 1. The first-order valence-corrected chi connectivity index (χ1v) is 4.99. The summed E-state index contributed by atoms with van der Waals surface area (Å²) in [5, 5.41) is 18.4. The van der Waals surface area contributed by atoms with Crippen molar-refractivity contribution in [2.75, 3.05) is 0 Å². The molecule has 0 fully saturated rings. The second kappa shape index (κ2) is 3.13. The van der Waals surface area contributed by atoms with Gasteiger partial charge in [-0.25, -0.2) is 0 Å². The summed E-state index contributed by atoms with van der Waals surface area (Å²) in [5.41, 5.74) is 2.68. The van der Waals surface area contributed by atoms with E-state index in [1.165, 1.54) is 0 Å². The predicted octanol–water partition coefficient (Wildman–Crippen LogP) is 1.91. The van der Waals surface area contributed by atoms with Gasteiger partial charge in [-0.15, -0.1) is 0 Å². The van der Waals surface area contributed by atoms with Crippen LogP contribution in [-0.4, -0.2) is 9.93 Å². The molecular weight excluding hydrogens is 230 g/mol. The molecule has 0 unspecified atom stereocenters. The topological polar surface area (TPSA) is 44.0 Å².